The third-order valence-corrected chi connectivity index (χ3v) is 7.29. The summed E-state index contributed by atoms with van der Waals surface area (Å²) < 4.78 is 55.1. The van der Waals surface area contributed by atoms with Crippen LogP contribution < -0.4 is 9.62 Å². The van der Waals surface area contributed by atoms with Crippen LogP contribution in [0.15, 0.2) is 41.7 Å². The van der Waals surface area contributed by atoms with E-state index in [2.05, 4.69) is 31.5 Å². The number of amides is 1. The van der Waals surface area contributed by atoms with Gasteiger partial charge in [0.25, 0.3) is 10.0 Å². The molecule has 0 spiro atoms. The standard InChI is InChI=1S/C25H24F2N6O3S/c1-16-21(25(30-15-29-16)33-10-8-32(9-11-33)18(3)34)6-4-19-12-23(17(2)28-14-19)31-37(35,36)24-7-5-20(26)13-22(24)27/h5,7,12-15,31H,8-11H2,1-3H3. The predicted molar refractivity (Wildman–Crippen MR) is 133 cm³/mol. The number of piperazine rings is 1. The molecule has 3 heterocycles. The maximum atomic E-state index is 14.1. The molecule has 0 aliphatic carbocycles. The number of aryl methyl sites for hydroxylation is 2. The van der Waals surface area contributed by atoms with E-state index in [9.17, 15) is 22.0 Å². The van der Waals surface area contributed by atoms with Crippen LogP contribution in [0.3, 0.4) is 0 Å². The molecule has 1 aliphatic rings. The molecule has 0 unspecified atom stereocenters. The smallest absolute Gasteiger partial charge is 0.264 e. The largest absolute Gasteiger partial charge is 0.352 e. The number of aromatic nitrogens is 3. The van der Waals surface area contributed by atoms with Gasteiger partial charge >= 0.3 is 0 Å². The number of carbonyl (C=O) groups excluding carboxylic acids is 1. The van der Waals surface area contributed by atoms with E-state index < -0.39 is 26.6 Å². The van der Waals surface area contributed by atoms with E-state index in [4.69, 9.17) is 0 Å². The number of rotatable bonds is 4. The third kappa shape index (κ3) is 5.83. The second-order valence-corrected chi connectivity index (χ2v) is 10.1. The molecule has 1 amide bonds. The topological polar surface area (TPSA) is 108 Å². The Labute approximate surface area is 213 Å². The Bertz CT molecular complexity index is 1530. The number of pyridine rings is 1. The van der Waals surface area contributed by atoms with Gasteiger partial charge in [-0.15, -0.1) is 0 Å². The Morgan fingerprint density at radius 1 is 1.00 bits per heavy atom. The molecule has 3 aromatic rings. The van der Waals surface area contributed by atoms with E-state index in [0.717, 1.165) is 12.1 Å². The van der Waals surface area contributed by atoms with Crippen molar-refractivity contribution in [3.63, 3.8) is 0 Å². The quantitative estimate of drug-likeness (QED) is 0.521. The first kappa shape index (κ1) is 26.0. The maximum absolute atomic E-state index is 14.1. The Morgan fingerprint density at radius 3 is 2.41 bits per heavy atom. The summed E-state index contributed by atoms with van der Waals surface area (Å²) in [5.74, 6) is 4.64. The minimum Gasteiger partial charge on any atom is -0.352 e. The molecule has 4 rings (SSSR count). The highest BCUT2D eigenvalue weighted by atomic mass is 32.2. The average molecular weight is 527 g/mol. The van der Waals surface area contributed by atoms with Gasteiger partial charge in [-0.1, -0.05) is 11.8 Å². The third-order valence-electron chi connectivity index (χ3n) is 5.89. The van der Waals surface area contributed by atoms with Gasteiger partial charge in [0, 0.05) is 50.9 Å². The predicted octanol–water partition coefficient (Wildman–Crippen LogP) is 2.64. The van der Waals surface area contributed by atoms with E-state index in [-0.39, 0.29) is 11.6 Å². The van der Waals surface area contributed by atoms with Gasteiger partial charge in [0.1, 0.15) is 28.7 Å². The van der Waals surface area contributed by atoms with Crippen LogP contribution in [0.1, 0.15) is 29.4 Å². The fourth-order valence-electron chi connectivity index (χ4n) is 3.81. The number of carbonyl (C=O) groups is 1. The number of nitrogens with zero attached hydrogens (tertiary/aromatic N) is 5. The Kier molecular flexibility index (Phi) is 7.35. The van der Waals surface area contributed by atoms with Crippen LogP contribution >= 0.6 is 0 Å². The number of nitrogens with one attached hydrogen (secondary N) is 1. The van der Waals surface area contributed by atoms with E-state index >= 15 is 0 Å². The lowest BCUT2D eigenvalue weighted by Crippen LogP contribution is -2.48. The lowest BCUT2D eigenvalue weighted by atomic mass is 10.1. The minimum atomic E-state index is -4.34. The molecular formula is C25H24F2N6O3S. The van der Waals surface area contributed by atoms with Crippen molar-refractivity contribution in [3.05, 3.63) is 70.9 Å². The molecular weight excluding hydrogens is 502 g/mol. The number of hydrogen-bond acceptors (Lipinski definition) is 7. The van der Waals surface area contributed by atoms with Crippen molar-refractivity contribution >= 4 is 27.4 Å². The Morgan fingerprint density at radius 2 is 1.73 bits per heavy atom. The second-order valence-electron chi connectivity index (χ2n) is 8.44. The number of sulfonamides is 1. The summed E-state index contributed by atoms with van der Waals surface area (Å²) in [6.45, 7) is 7.29. The van der Waals surface area contributed by atoms with Crippen molar-refractivity contribution < 1.29 is 22.0 Å². The van der Waals surface area contributed by atoms with Crippen molar-refractivity contribution in [1.82, 2.24) is 19.9 Å². The van der Waals surface area contributed by atoms with Crippen LogP contribution in [0.5, 0.6) is 0 Å². The second kappa shape index (κ2) is 10.5. The lowest BCUT2D eigenvalue weighted by molar-refractivity contribution is -0.129. The van der Waals surface area contributed by atoms with Gasteiger partial charge in [-0.25, -0.2) is 27.2 Å². The molecule has 2 aromatic heterocycles. The van der Waals surface area contributed by atoms with Crippen LogP contribution in [0.2, 0.25) is 0 Å². The number of anilines is 2. The van der Waals surface area contributed by atoms with Gasteiger partial charge in [-0.2, -0.15) is 0 Å². The Hall–Kier alpha value is -4.11. The van der Waals surface area contributed by atoms with Crippen molar-refractivity contribution in [1.29, 1.82) is 0 Å². The molecule has 12 heteroatoms. The molecule has 1 aromatic carbocycles. The number of benzene rings is 1. The molecule has 37 heavy (non-hydrogen) atoms. The summed E-state index contributed by atoms with van der Waals surface area (Å²) in [4.78, 5) is 27.6. The van der Waals surface area contributed by atoms with Gasteiger partial charge < -0.3 is 9.80 Å². The zero-order chi connectivity index (χ0) is 26.7. The molecule has 1 aliphatic heterocycles. The molecule has 1 fully saturated rings. The van der Waals surface area contributed by atoms with E-state index in [0.29, 0.717) is 60.6 Å². The summed E-state index contributed by atoms with van der Waals surface area (Å²) in [5, 5.41) is 0. The number of halogens is 2. The van der Waals surface area contributed by atoms with Crippen LogP contribution in [0, 0.1) is 37.3 Å². The van der Waals surface area contributed by atoms with E-state index in [1.165, 1.54) is 18.6 Å². The van der Waals surface area contributed by atoms with Crippen LogP contribution in [0.25, 0.3) is 0 Å². The molecule has 0 saturated carbocycles. The van der Waals surface area contributed by atoms with Gasteiger partial charge in [0.05, 0.1) is 22.6 Å². The SMILES string of the molecule is CC(=O)N1CCN(c2ncnc(C)c2C#Cc2cnc(C)c(NS(=O)(=O)c3ccc(F)cc3F)c2)CC1. The molecule has 1 N–H and O–H groups in total. The van der Waals surface area contributed by atoms with Crippen LogP contribution in [-0.4, -0.2) is 60.4 Å². The molecule has 0 bridgehead atoms. The normalized spacial score (nSPS) is 13.6. The van der Waals surface area contributed by atoms with Gasteiger partial charge in [-0.05, 0) is 32.0 Å². The summed E-state index contributed by atoms with van der Waals surface area (Å²) in [7, 11) is -4.34. The van der Waals surface area contributed by atoms with Crippen molar-refractivity contribution in [2.24, 2.45) is 0 Å². The zero-order valence-corrected chi connectivity index (χ0v) is 21.2. The zero-order valence-electron chi connectivity index (χ0n) is 20.4. The van der Waals surface area contributed by atoms with Crippen molar-refractivity contribution in [2.75, 3.05) is 35.8 Å². The van der Waals surface area contributed by atoms with E-state index in [1.54, 1.807) is 18.7 Å². The summed E-state index contributed by atoms with van der Waals surface area (Å²) in [5.41, 5.74) is 2.13. The highest BCUT2D eigenvalue weighted by Crippen LogP contribution is 2.23. The average Bonchev–Trinajstić information content (AvgIpc) is 2.84. The molecule has 1 saturated heterocycles. The van der Waals surface area contributed by atoms with Gasteiger partial charge in [0.15, 0.2) is 0 Å². The van der Waals surface area contributed by atoms with Gasteiger partial charge in [0.2, 0.25) is 5.91 Å². The summed E-state index contributed by atoms with van der Waals surface area (Å²) >= 11 is 0. The van der Waals surface area contributed by atoms with Crippen LogP contribution in [-0.2, 0) is 14.8 Å². The molecule has 192 valence electrons. The van der Waals surface area contributed by atoms with E-state index in [1.807, 2.05) is 11.8 Å². The molecule has 0 atom stereocenters. The molecule has 0 radical (unpaired) electrons. The first-order chi connectivity index (χ1) is 17.5. The maximum Gasteiger partial charge on any atom is 0.264 e. The number of hydrogen-bond donors (Lipinski definition) is 1. The minimum absolute atomic E-state index is 0.0269. The molecule has 9 nitrogen and oxygen atoms in total. The first-order valence-electron chi connectivity index (χ1n) is 11.3. The van der Waals surface area contributed by atoms with Crippen molar-refractivity contribution in [2.45, 2.75) is 25.7 Å². The monoisotopic (exact) mass is 526 g/mol. The van der Waals surface area contributed by atoms with Crippen molar-refractivity contribution in [3.8, 4) is 11.8 Å². The van der Waals surface area contributed by atoms with Gasteiger partial charge in [-0.3, -0.25) is 14.5 Å². The van der Waals surface area contributed by atoms with Crippen LogP contribution in [0.4, 0.5) is 20.3 Å². The highest BCUT2D eigenvalue weighted by Gasteiger charge is 2.23. The fraction of sp³-hybridized carbons (Fsp3) is 0.280. The highest BCUT2D eigenvalue weighted by molar-refractivity contribution is 7.92. The lowest BCUT2D eigenvalue weighted by Gasteiger charge is -2.35. The Balaban J connectivity index is 1.61. The fourth-order valence-corrected chi connectivity index (χ4v) is 4.98. The summed E-state index contributed by atoms with van der Waals surface area (Å²) in [6, 6.07) is 3.71. The first-order valence-corrected chi connectivity index (χ1v) is 12.8. The summed E-state index contributed by atoms with van der Waals surface area (Å²) in [6.07, 6.45) is 2.95.